The summed E-state index contributed by atoms with van der Waals surface area (Å²) in [7, 11) is 0. The molecule has 1 aromatic rings. The molecular formula is C13H22N4. The Kier molecular flexibility index (Phi) is 3.62. The smallest absolute Gasteiger partial charge is 0.135 e. The van der Waals surface area contributed by atoms with Crippen molar-refractivity contribution in [3.05, 3.63) is 17.1 Å². The van der Waals surface area contributed by atoms with Crippen LogP contribution in [-0.2, 0) is 12.8 Å². The first-order valence-corrected chi connectivity index (χ1v) is 6.52. The molecule has 1 unspecified atom stereocenters. The third kappa shape index (κ3) is 2.41. The lowest BCUT2D eigenvalue weighted by Gasteiger charge is -2.21. The molecule has 0 radical (unpaired) electrons. The highest BCUT2D eigenvalue weighted by Crippen LogP contribution is 2.24. The van der Waals surface area contributed by atoms with Crippen molar-refractivity contribution in [2.45, 2.75) is 46.1 Å². The molecule has 0 saturated carbocycles. The highest BCUT2D eigenvalue weighted by Gasteiger charge is 2.23. The van der Waals surface area contributed by atoms with Gasteiger partial charge >= 0.3 is 0 Å². The Morgan fingerprint density at radius 1 is 1.29 bits per heavy atom. The van der Waals surface area contributed by atoms with Crippen molar-refractivity contribution < 1.29 is 0 Å². The number of rotatable bonds is 3. The van der Waals surface area contributed by atoms with E-state index in [2.05, 4.69) is 35.6 Å². The molecule has 2 heterocycles. The average molecular weight is 234 g/mol. The lowest BCUT2D eigenvalue weighted by Crippen LogP contribution is -2.28. The van der Waals surface area contributed by atoms with E-state index in [1.807, 2.05) is 0 Å². The number of hydrogen-bond acceptors (Lipinski definition) is 4. The van der Waals surface area contributed by atoms with E-state index >= 15 is 0 Å². The fourth-order valence-electron chi connectivity index (χ4n) is 2.39. The van der Waals surface area contributed by atoms with Crippen LogP contribution in [0.5, 0.6) is 0 Å². The van der Waals surface area contributed by atoms with Crippen molar-refractivity contribution in [1.29, 1.82) is 0 Å². The maximum absolute atomic E-state index is 5.97. The van der Waals surface area contributed by atoms with Gasteiger partial charge in [0.25, 0.3) is 0 Å². The number of aromatic nitrogens is 2. The van der Waals surface area contributed by atoms with Gasteiger partial charge in [-0.15, -0.1) is 0 Å². The predicted molar refractivity (Wildman–Crippen MR) is 70.3 cm³/mol. The van der Waals surface area contributed by atoms with Crippen molar-refractivity contribution in [3.8, 4) is 0 Å². The molecule has 1 aliphatic heterocycles. The van der Waals surface area contributed by atoms with Crippen LogP contribution in [-0.4, -0.2) is 29.1 Å². The summed E-state index contributed by atoms with van der Waals surface area (Å²) in [6, 6.07) is 0.291. The zero-order valence-corrected chi connectivity index (χ0v) is 11.0. The van der Waals surface area contributed by atoms with E-state index in [-0.39, 0.29) is 0 Å². The molecule has 1 fully saturated rings. The van der Waals surface area contributed by atoms with Crippen molar-refractivity contribution in [2.24, 2.45) is 5.73 Å². The largest absolute Gasteiger partial charge is 0.355 e. The Morgan fingerprint density at radius 3 is 2.59 bits per heavy atom. The Bertz CT molecular complexity index is 403. The lowest BCUT2D eigenvalue weighted by molar-refractivity contribution is 0.749. The van der Waals surface area contributed by atoms with Gasteiger partial charge in [-0.2, -0.15) is 0 Å². The zero-order valence-electron chi connectivity index (χ0n) is 11.0. The normalized spacial score (nSPS) is 20.0. The first-order chi connectivity index (χ1) is 8.15. The van der Waals surface area contributed by atoms with Gasteiger partial charge < -0.3 is 10.6 Å². The molecule has 2 rings (SSSR count). The monoisotopic (exact) mass is 234 g/mol. The van der Waals surface area contributed by atoms with Gasteiger partial charge in [-0.05, 0) is 19.8 Å². The quantitative estimate of drug-likeness (QED) is 0.860. The van der Waals surface area contributed by atoms with Crippen LogP contribution in [0.4, 0.5) is 5.82 Å². The summed E-state index contributed by atoms with van der Waals surface area (Å²) in [4.78, 5) is 11.6. The summed E-state index contributed by atoms with van der Waals surface area (Å²) in [6.07, 6.45) is 2.92. The van der Waals surface area contributed by atoms with Crippen LogP contribution in [0.3, 0.4) is 0 Å². The molecule has 0 aromatic carbocycles. The van der Waals surface area contributed by atoms with Crippen molar-refractivity contribution in [3.63, 3.8) is 0 Å². The van der Waals surface area contributed by atoms with E-state index in [9.17, 15) is 0 Å². The average Bonchev–Trinajstić information content (AvgIpc) is 2.76. The van der Waals surface area contributed by atoms with Crippen LogP contribution >= 0.6 is 0 Å². The third-order valence-corrected chi connectivity index (χ3v) is 3.44. The molecule has 0 bridgehead atoms. The van der Waals surface area contributed by atoms with Crippen LogP contribution in [0.2, 0.25) is 0 Å². The van der Waals surface area contributed by atoms with Crippen molar-refractivity contribution in [2.75, 3.05) is 18.0 Å². The van der Waals surface area contributed by atoms with Gasteiger partial charge in [0, 0.05) is 36.8 Å². The fraction of sp³-hybridized carbons (Fsp3) is 0.692. The number of nitrogens with two attached hydrogens (primary N) is 1. The highest BCUT2D eigenvalue weighted by atomic mass is 15.2. The lowest BCUT2D eigenvalue weighted by atomic mass is 10.2. The third-order valence-electron chi connectivity index (χ3n) is 3.44. The van der Waals surface area contributed by atoms with Crippen LogP contribution in [0.15, 0.2) is 0 Å². The zero-order chi connectivity index (χ0) is 12.4. The molecule has 0 spiro atoms. The minimum atomic E-state index is 0.291. The molecule has 0 amide bonds. The number of hydrogen-bond donors (Lipinski definition) is 1. The van der Waals surface area contributed by atoms with E-state index in [1.165, 1.54) is 11.3 Å². The number of nitrogens with zero attached hydrogens (tertiary/aromatic N) is 3. The Morgan fingerprint density at radius 2 is 2.06 bits per heavy atom. The molecule has 1 aliphatic rings. The minimum absolute atomic E-state index is 0.291. The standard InChI is InChI=1S/C13H22N4/c1-4-11-9(3)13(16-12(5-2)15-11)17-7-6-10(14)8-17/h10H,4-8,14H2,1-3H3. The van der Waals surface area contributed by atoms with Gasteiger partial charge in [0.1, 0.15) is 11.6 Å². The SMILES string of the molecule is CCc1nc(CC)c(C)c(N2CCC(N)C2)n1. The van der Waals surface area contributed by atoms with Gasteiger partial charge in [0.2, 0.25) is 0 Å². The molecule has 1 atom stereocenters. The summed E-state index contributed by atoms with van der Waals surface area (Å²) in [5, 5.41) is 0. The van der Waals surface area contributed by atoms with Crippen LogP contribution in [0.1, 0.15) is 37.4 Å². The predicted octanol–water partition coefficient (Wildman–Crippen LogP) is 1.45. The number of aryl methyl sites for hydroxylation is 2. The topological polar surface area (TPSA) is 55.0 Å². The first-order valence-electron chi connectivity index (χ1n) is 6.52. The van der Waals surface area contributed by atoms with Gasteiger partial charge in [-0.1, -0.05) is 13.8 Å². The maximum Gasteiger partial charge on any atom is 0.135 e. The van der Waals surface area contributed by atoms with Crippen molar-refractivity contribution >= 4 is 5.82 Å². The molecule has 4 nitrogen and oxygen atoms in total. The summed E-state index contributed by atoms with van der Waals surface area (Å²) in [5.74, 6) is 2.05. The van der Waals surface area contributed by atoms with Crippen LogP contribution in [0, 0.1) is 6.92 Å². The molecule has 1 aromatic heterocycles. The molecular weight excluding hydrogens is 212 g/mol. The van der Waals surface area contributed by atoms with Gasteiger partial charge in [-0.25, -0.2) is 9.97 Å². The van der Waals surface area contributed by atoms with Crippen LogP contribution in [0.25, 0.3) is 0 Å². The van der Waals surface area contributed by atoms with E-state index in [0.717, 1.165) is 44.0 Å². The highest BCUT2D eigenvalue weighted by molar-refractivity contribution is 5.49. The van der Waals surface area contributed by atoms with E-state index in [1.54, 1.807) is 0 Å². The fourth-order valence-corrected chi connectivity index (χ4v) is 2.39. The molecule has 94 valence electrons. The summed E-state index contributed by atoms with van der Waals surface area (Å²) >= 11 is 0. The van der Waals surface area contributed by atoms with E-state index < -0.39 is 0 Å². The van der Waals surface area contributed by atoms with E-state index in [4.69, 9.17) is 5.73 Å². The van der Waals surface area contributed by atoms with Gasteiger partial charge in [0.05, 0.1) is 0 Å². The molecule has 17 heavy (non-hydrogen) atoms. The Labute approximate surface area is 103 Å². The second-order valence-corrected chi connectivity index (χ2v) is 4.74. The number of anilines is 1. The minimum Gasteiger partial charge on any atom is -0.355 e. The van der Waals surface area contributed by atoms with Gasteiger partial charge in [-0.3, -0.25) is 0 Å². The van der Waals surface area contributed by atoms with E-state index in [0.29, 0.717) is 6.04 Å². The summed E-state index contributed by atoms with van der Waals surface area (Å²) in [5.41, 5.74) is 8.36. The molecule has 0 aliphatic carbocycles. The maximum atomic E-state index is 5.97. The second-order valence-electron chi connectivity index (χ2n) is 4.74. The second kappa shape index (κ2) is 5.00. The molecule has 4 heteroatoms. The Balaban J connectivity index is 2.37. The first kappa shape index (κ1) is 12.3. The molecule has 2 N–H and O–H groups in total. The summed E-state index contributed by atoms with van der Waals surface area (Å²) < 4.78 is 0. The summed E-state index contributed by atoms with van der Waals surface area (Å²) in [6.45, 7) is 8.31. The Hall–Kier alpha value is -1.16. The van der Waals surface area contributed by atoms with Crippen LogP contribution < -0.4 is 10.6 Å². The van der Waals surface area contributed by atoms with Gasteiger partial charge in [0.15, 0.2) is 0 Å². The molecule has 1 saturated heterocycles. The van der Waals surface area contributed by atoms with Crippen molar-refractivity contribution in [1.82, 2.24) is 9.97 Å².